The van der Waals surface area contributed by atoms with Gasteiger partial charge in [-0.1, -0.05) is 27.7 Å². The Hall–Kier alpha value is -0.790. The summed E-state index contributed by atoms with van der Waals surface area (Å²) >= 11 is 0. The zero-order chi connectivity index (χ0) is 8.91. The van der Waals surface area contributed by atoms with Crippen LogP contribution in [-0.4, -0.2) is 6.21 Å². The summed E-state index contributed by atoms with van der Waals surface area (Å²) in [5.41, 5.74) is 6.59. The van der Waals surface area contributed by atoms with Gasteiger partial charge in [0.25, 0.3) is 0 Å². The van der Waals surface area contributed by atoms with Crippen molar-refractivity contribution < 1.29 is 0 Å². The number of aliphatic imine (C=N–C) groups is 1. The predicted molar refractivity (Wildman–Crippen MR) is 50.5 cm³/mol. The lowest BCUT2D eigenvalue weighted by atomic mass is 9.93. The highest BCUT2D eigenvalue weighted by molar-refractivity contribution is 5.57. The van der Waals surface area contributed by atoms with E-state index < -0.39 is 0 Å². The van der Waals surface area contributed by atoms with Crippen molar-refractivity contribution in [3.63, 3.8) is 0 Å². The smallest absolute Gasteiger partial charge is 0.0456 e. The van der Waals surface area contributed by atoms with E-state index in [9.17, 15) is 0 Å². The Morgan fingerprint density at radius 2 is 2.00 bits per heavy atom. The quantitative estimate of drug-likeness (QED) is 0.609. The topological polar surface area (TPSA) is 38.4 Å². The van der Waals surface area contributed by atoms with Crippen molar-refractivity contribution in [2.24, 2.45) is 16.1 Å². The van der Waals surface area contributed by atoms with Crippen molar-refractivity contribution in [2.75, 3.05) is 0 Å². The van der Waals surface area contributed by atoms with Crippen LogP contribution in [0.15, 0.2) is 16.9 Å². The number of hydrogen-bond donors (Lipinski definition) is 1. The summed E-state index contributed by atoms with van der Waals surface area (Å²) in [5, 5.41) is 0. The van der Waals surface area contributed by atoms with E-state index in [0.717, 1.165) is 12.1 Å². The van der Waals surface area contributed by atoms with Gasteiger partial charge < -0.3 is 5.73 Å². The minimum absolute atomic E-state index is 0.0328. The van der Waals surface area contributed by atoms with Crippen LogP contribution in [0.2, 0.25) is 0 Å². The molecule has 0 aliphatic rings. The number of hydrogen-bond acceptors (Lipinski definition) is 2. The van der Waals surface area contributed by atoms with Crippen LogP contribution in [0, 0.1) is 5.41 Å². The molecule has 0 aromatic heterocycles. The van der Waals surface area contributed by atoms with Crippen LogP contribution >= 0.6 is 0 Å². The summed E-state index contributed by atoms with van der Waals surface area (Å²) < 4.78 is 0. The molecule has 0 saturated heterocycles. The molecule has 0 bridgehead atoms. The molecule has 0 atom stereocenters. The van der Waals surface area contributed by atoms with Gasteiger partial charge in [-0.3, -0.25) is 4.99 Å². The maximum atomic E-state index is 5.74. The fourth-order valence-electron chi connectivity index (χ4n) is 0.432. The first kappa shape index (κ1) is 10.2. The Morgan fingerprint density at radius 1 is 1.45 bits per heavy atom. The van der Waals surface area contributed by atoms with E-state index in [2.05, 4.69) is 25.8 Å². The molecule has 0 rings (SSSR count). The fraction of sp³-hybridized carbons (Fsp3) is 0.667. The van der Waals surface area contributed by atoms with Gasteiger partial charge >= 0.3 is 0 Å². The predicted octanol–water partition coefficient (Wildman–Crippen LogP) is 2.31. The summed E-state index contributed by atoms with van der Waals surface area (Å²) in [5.74, 6) is 0. The Balaban J connectivity index is 4.12. The number of nitrogens with zero attached hydrogens (tertiary/aromatic N) is 1. The molecule has 0 saturated carbocycles. The fourth-order valence-corrected chi connectivity index (χ4v) is 0.432. The van der Waals surface area contributed by atoms with Gasteiger partial charge in [0.1, 0.15) is 0 Å². The molecular weight excluding hydrogens is 136 g/mol. The highest BCUT2D eigenvalue weighted by Gasteiger charge is 2.12. The third-order valence-corrected chi connectivity index (χ3v) is 1.37. The van der Waals surface area contributed by atoms with Crippen LogP contribution in [0.4, 0.5) is 0 Å². The Kier molecular flexibility index (Phi) is 3.86. The van der Waals surface area contributed by atoms with Gasteiger partial charge in [0.05, 0.1) is 0 Å². The number of nitrogens with two attached hydrogens (primary N) is 1. The minimum atomic E-state index is 0.0328. The van der Waals surface area contributed by atoms with Crippen LogP contribution in [0.5, 0.6) is 0 Å². The third kappa shape index (κ3) is 4.59. The van der Waals surface area contributed by atoms with Gasteiger partial charge in [0.15, 0.2) is 0 Å². The average Bonchev–Trinajstić information content (AvgIpc) is 1.86. The molecule has 0 heterocycles. The van der Waals surface area contributed by atoms with Crippen LogP contribution in [0.1, 0.15) is 34.1 Å². The molecule has 11 heavy (non-hydrogen) atoms. The van der Waals surface area contributed by atoms with Crippen LogP contribution in [-0.2, 0) is 0 Å². The van der Waals surface area contributed by atoms with Crippen LogP contribution < -0.4 is 5.73 Å². The summed E-state index contributed by atoms with van der Waals surface area (Å²) in [4.78, 5) is 4.04. The lowest BCUT2D eigenvalue weighted by Gasteiger charge is -2.17. The molecule has 0 aliphatic heterocycles. The van der Waals surface area contributed by atoms with Crippen molar-refractivity contribution in [3.8, 4) is 0 Å². The lowest BCUT2D eigenvalue weighted by molar-refractivity contribution is 0.496. The van der Waals surface area contributed by atoms with Crippen molar-refractivity contribution in [3.05, 3.63) is 11.9 Å². The van der Waals surface area contributed by atoms with E-state index in [-0.39, 0.29) is 5.41 Å². The molecule has 0 unspecified atom stereocenters. The Bertz CT molecular complexity index is 161. The standard InChI is InChI=1S/C9H18N2/c1-5-6-11-7-8(10)9(2,3)4/h6-7H,5,10H2,1-4H3/b8-7-,11-6?. The molecule has 2 N–H and O–H groups in total. The number of rotatable bonds is 2. The average molecular weight is 154 g/mol. The molecular formula is C9H18N2. The maximum Gasteiger partial charge on any atom is 0.0456 e. The molecule has 64 valence electrons. The van der Waals surface area contributed by atoms with E-state index in [0.29, 0.717) is 0 Å². The first-order valence-electron chi connectivity index (χ1n) is 3.96. The molecule has 2 heteroatoms. The van der Waals surface area contributed by atoms with E-state index >= 15 is 0 Å². The van der Waals surface area contributed by atoms with Crippen LogP contribution in [0.25, 0.3) is 0 Å². The Labute approximate surface area is 69.2 Å². The van der Waals surface area contributed by atoms with Crippen molar-refractivity contribution in [2.45, 2.75) is 34.1 Å². The molecule has 2 nitrogen and oxygen atoms in total. The molecule has 0 aliphatic carbocycles. The minimum Gasteiger partial charge on any atom is -0.400 e. The first-order chi connectivity index (χ1) is 4.98. The van der Waals surface area contributed by atoms with Gasteiger partial charge in [-0.15, -0.1) is 0 Å². The normalized spacial score (nSPS) is 14.4. The second-order valence-electron chi connectivity index (χ2n) is 3.57. The van der Waals surface area contributed by atoms with Crippen LogP contribution in [0.3, 0.4) is 0 Å². The highest BCUT2D eigenvalue weighted by atomic mass is 14.7. The number of allylic oxidation sites excluding steroid dienone is 1. The second kappa shape index (κ2) is 4.16. The van der Waals surface area contributed by atoms with Gasteiger partial charge in [-0.05, 0) is 6.42 Å². The van der Waals surface area contributed by atoms with Gasteiger partial charge in [0, 0.05) is 23.5 Å². The molecule has 0 fully saturated rings. The zero-order valence-corrected chi connectivity index (χ0v) is 7.89. The second-order valence-corrected chi connectivity index (χ2v) is 3.57. The van der Waals surface area contributed by atoms with E-state index in [1.807, 2.05) is 13.1 Å². The summed E-state index contributed by atoms with van der Waals surface area (Å²) in [6, 6.07) is 0. The van der Waals surface area contributed by atoms with Crippen molar-refractivity contribution in [1.82, 2.24) is 0 Å². The summed E-state index contributed by atoms with van der Waals surface area (Å²) in [6.07, 6.45) is 4.52. The molecule has 0 aromatic carbocycles. The molecule has 0 amide bonds. The Morgan fingerprint density at radius 3 is 2.36 bits per heavy atom. The van der Waals surface area contributed by atoms with Gasteiger partial charge in [-0.2, -0.15) is 0 Å². The zero-order valence-electron chi connectivity index (χ0n) is 7.89. The monoisotopic (exact) mass is 154 g/mol. The highest BCUT2D eigenvalue weighted by Crippen LogP contribution is 2.19. The van der Waals surface area contributed by atoms with Crippen molar-refractivity contribution >= 4 is 6.21 Å². The van der Waals surface area contributed by atoms with Gasteiger partial charge in [0.2, 0.25) is 0 Å². The summed E-state index contributed by atoms with van der Waals surface area (Å²) in [7, 11) is 0. The van der Waals surface area contributed by atoms with E-state index in [4.69, 9.17) is 5.73 Å². The largest absolute Gasteiger partial charge is 0.400 e. The lowest BCUT2D eigenvalue weighted by Crippen LogP contribution is -2.16. The first-order valence-corrected chi connectivity index (χ1v) is 3.96. The summed E-state index contributed by atoms with van der Waals surface area (Å²) in [6.45, 7) is 8.26. The molecule has 0 radical (unpaired) electrons. The molecule has 0 spiro atoms. The van der Waals surface area contributed by atoms with Gasteiger partial charge in [-0.25, -0.2) is 0 Å². The third-order valence-electron chi connectivity index (χ3n) is 1.37. The van der Waals surface area contributed by atoms with Crippen molar-refractivity contribution in [1.29, 1.82) is 0 Å². The molecule has 0 aromatic rings. The van der Waals surface area contributed by atoms with E-state index in [1.54, 1.807) is 6.20 Å². The van der Waals surface area contributed by atoms with E-state index in [1.165, 1.54) is 0 Å². The SMILES string of the molecule is CCC=N/C=C(\N)C(C)(C)C. The maximum absolute atomic E-state index is 5.74.